The molecule has 0 fully saturated rings. The molecule has 0 aromatic heterocycles. The van der Waals surface area contributed by atoms with Crippen LogP contribution < -0.4 is 0 Å². The summed E-state index contributed by atoms with van der Waals surface area (Å²) >= 11 is 0. The topological polar surface area (TPSA) is 80.3 Å². The van der Waals surface area contributed by atoms with Crippen molar-refractivity contribution in [3.63, 3.8) is 0 Å². The van der Waals surface area contributed by atoms with Gasteiger partial charge in [-0.15, -0.1) is 0 Å². The Bertz CT molecular complexity index is 528. The molecule has 0 aliphatic heterocycles. The molecular formula is C20H30O7. The molecule has 0 unspecified atom stereocenters. The van der Waals surface area contributed by atoms with E-state index in [4.69, 9.17) is 4.74 Å². The Balaban J connectivity index is 2.15. The predicted molar refractivity (Wildman–Crippen MR) is 98.9 cm³/mol. The first-order valence-corrected chi connectivity index (χ1v) is 9.56. The van der Waals surface area contributed by atoms with E-state index in [9.17, 15) is 9.59 Å². The Morgan fingerprint density at radius 3 is 2.26 bits per heavy atom. The lowest BCUT2D eigenvalue weighted by Gasteiger charge is -2.05. The summed E-state index contributed by atoms with van der Waals surface area (Å²) in [6.07, 6.45) is 6.61. The number of carbonyl (C=O) groups is 2. The molecule has 0 saturated carbocycles. The molecule has 1 aromatic carbocycles. The first-order valence-electron chi connectivity index (χ1n) is 9.56. The van der Waals surface area contributed by atoms with Gasteiger partial charge in [0.2, 0.25) is 0 Å². The minimum absolute atomic E-state index is 0.0274. The normalized spacial score (nSPS) is 10.4. The molecule has 0 atom stereocenters. The zero-order valence-corrected chi connectivity index (χ0v) is 16.2. The SMILES string of the molecule is CCCCCCc1ccc(C(=O)OOOC(=O)OCCOCCCC)cc1. The molecule has 0 spiro atoms. The van der Waals surface area contributed by atoms with Crippen molar-refractivity contribution in [1.29, 1.82) is 0 Å². The van der Waals surface area contributed by atoms with Crippen molar-refractivity contribution in [3.05, 3.63) is 35.4 Å². The highest BCUT2D eigenvalue weighted by Gasteiger charge is 2.12. The first kappa shape index (κ1) is 22.9. The molecule has 7 nitrogen and oxygen atoms in total. The van der Waals surface area contributed by atoms with Gasteiger partial charge < -0.3 is 9.47 Å². The minimum atomic E-state index is -1.11. The second-order valence-corrected chi connectivity index (χ2v) is 6.09. The predicted octanol–water partition coefficient (Wildman–Crippen LogP) is 4.78. The third-order valence-electron chi connectivity index (χ3n) is 3.81. The second kappa shape index (κ2) is 15.0. The van der Waals surface area contributed by atoms with E-state index in [1.54, 1.807) is 12.1 Å². The van der Waals surface area contributed by atoms with Crippen LogP contribution in [-0.4, -0.2) is 31.9 Å². The van der Waals surface area contributed by atoms with Gasteiger partial charge >= 0.3 is 12.1 Å². The number of hydrogen-bond acceptors (Lipinski definition) is 7. The standard InChI is InChI=1S/C20H30O7/c1-3-5-7-8-9-17-10-12-18(13-11-17)19(21)25-27-26-20(22)24-16-15-23-14-6-4-2/h10-13H,3-9,14-16H2,1-2H3. The molecule has 152 valence electrons. The third-order valence-corrected chi connectivity index (χ3v) is 3.81. The van der Waals surface area contributed by atoms with E-state index < -0.39 is 12.1 Å². The second-order valence-electron chi connectivity index (χ2n) is 6.09. The van der Waals surface area contributed by atoms with Crippen LogP contribution in [0.15, 0.2) is 24.3 Å². The zero-order chi connectivity index (χ0) is 19.7. The molecule has 0 bridgehead atoms. The fourth-order valence-electron chi connectivity index (χ4n) is 2.24. The summed E-state index contributed by atoms with van der Waals surface area (Å²) in [5.41, 5.74) is 1.46. The average Bonchev–Trinajstić information content (AvgIpc) is 2.68. The quantitative estimate of drug-likeness (QED) is 0.198. The lowest BCUT2D eigenvalue weighted by Crippen LogP contribution is -2.14. The van der Waals surface area contributed by atoms with Gasteiger partial charge in [-0.2, -0.15) is 0 Å². The molecule has 27 heavy (non-hydrogen) atoms. The van der Waals surface area contributed by atoms with Crippen LogP contribution in [0.1, 0.15) is 68.3 Å². The number of unbranched alkanes of at least 4 members (excludes halogenated alkanes) is 4. The van der Waals surface area contributed by atoms with Crippen molar-refractivity contribution in [1.82, 2.24) is 0 Å². The molecule has 0 saturated heterocycles. The number of ether oxygens (including phenoxy) is 2. The Morgan fingerprint density at radius 1 is 0.815 bits per heavy atom. The highest BCUT2D eigenvalue weighted by atomic mass is 17.5. The van der Waals surface area contributed by atoms with Gasteiger partial charge in [0, 0.05) is 6.61 Å². The van der Waals surface area contributed by atoms with E-state index in [0.29, 0.717) is 12.2 Å². The van der Waals surface area contributed by atoms with E-state index in [2.05, 4.69) is 33.4 Å². The average molecular weight is 382 g/mol. The lowest BCUT2D eigenvalue weighted by atomic mass is 10.0. The molecule has 0 amide bonds. The number of hydrogen-bond donors (Lipinski definition) is 0. The summed E-state index contributed by atoms with van der Waals surface area (Å²) < 4.78 is 9.89. The molecule has 0 heterocycles. The van der Waals surface area contributed by atoms with Crippen LogP contribution in [0.4, 0.5) is 4.79 Å². The number of rotatable bonds is 14. The van der Waals surface area contributed by atoms with Gasteiger partial charge in [0.1, 0.15) is 6.61 Å². The maximum atomic E-state index is 11.8. The van der Waals surface area contributed by atoms with Gasteiger partial charge in [0.25, 0.3) is 0 Å². The van der Waals surface area contributed by atoms with E-state index in [1.807, 2.05) is 12.1 Å². The maximum absolute atomic E-state index is 11.8. The largest absolute Gasteiger partial charge is 0.543 e. The van der Waals surface area contributed by atoms with Crippen LogP contribution in [0.2, 0.25) is 0 Å². The smallest absolute Gasteiger partial charge is 0.430 e. The lowest BCUT2D eigenvalue weighted by molar-refractivity contribution is -0.452. The van der Waals surface area contributed by atoms with Gasteiger partial charge in [-0.25, -0.2) is 14.5 Å². The molecule has 0 aliphatic rings. The van der Waals surface area contributed by atoms with Crippen molar-refractivity contribution in [2.45, 2.75) is 58.8 Å². The Labute approximate surface area is 160 Å². The Kier molecular flexibility index (Phi) is 12.7. The molecule has 0 radical (unpaired) electrons. The van der Waals surface area contributed by atoms with Crippen molar-refractivity contribution in [2.75, 3.05) is 19.8 Å². The van der Waals surface area contributed by atoms with E-state index in [1.165, 1.54) is 19.3 Å². The van der Waals surface area contributed by atoms with Crippen molar-refractivity contribution < 1.29 is 33.9 Å². The molecule has 1 rings (SSSR count). The maximum Gasteiger partial charge on any atom is 0.543 e. The van der Waals surface area contributed by atoms with Crippen LogP contribution in [0.25, 0.3) is 0 Å². The Hall–Kier alpha value is -2.12. The molecule has 7 heteroatoms. The van der Waals surface area contributed by atoms with E-state index >= 15 is 0 Å². The zero-order valence-electron chi connectivity index (χ0n) is 16.2. The first-order chi connectivity index (χ1) is 13.2. The molecular weight excluding hydrogens is 352 g/mol. The van der Waals surface area contributed by atoms with Crippen molar-refractivity contribution in [2.24, 2.45) is 0 Å². The summed E-state index contributed by atoms with van der Waals surface area (Å²) in [6.45, 7) is 5.13. The van der Waals surface area contributed by atoms with E-state index in [-0.39, 0.29) is 13.2 Å². The number of aryl methyl sites for hydroxylation is 1. The van der Waals surface area contributed by atoms with Crippen LogP contribution in [0, 0.1) is 0 Å². The van der Waals surface area contributed by atoms with E-state index in [0.717, 1.165) is 31.2 Å². The summed E-state index contributed by atoms with van der Waals surface area (Å²) in [5, 5.41) is 4.16. The van der Waals surface area contributed by atoms with Crippen LogP contribution >= 0.6 is 0 Å². The fraction of sp³-hybridized carbons (Fsp3) is 0.600. The highest BCUT2D eigenvalue weighted by molar-refractivity contribution is 5.88. The number of benzene rings is 1. The molecule has 1 aromatic rings. The summed E-state index contributed by atoms with van der Waals surface area (Å²) in [6, 6.07) is 7.03. The number of carbonyl (C=O) groups excluding carboxylic acids is 2. The minimum Gasteiger partial charge on any atom is -0.430 e. The molecule has 0 N–H and O–H groups in total. The van der Waals surface area contributed by atoms with Crippen molar-refractivity contribution >= 4 is 12.1 Å². The third kappa shape index (κ3) is 11.2. The summed E-state index contributed by atoms with van der Waals surface area (Å²) in [4.78, 5) is 31.6. The van der Waals surface area contributed by atoms with Crippen LogP contribution in [0.5, 0.6) is 0 Å². The fourth-order valence-corrected chi connectivity index (χ4v) is 2.24. The summed E-state index contributed by atoms with van der Waals surface area (Å²) in [7, 11) is 0. The van der Waals surface area contributed by atoms with Gasteiger partial charge in [0.15, 0.2) is 0 Å². The van der Waals surface area contributed by atoms with Gasteiger partial charge in [-0.05, 0) is 37.0 Å². The van der Waals surface area contributed by atoms with Crippen molar-refractivity contribution in [3.8, 4) is 0 Å². The summed E-state index contributed by atoms with van der Waals surface area (Å²) in [5.74, 6) is -0.761. The van der Waals surface area contributed by atoms with Gasteiger partial charge in [0.05, 0.1) is 17.2 Å². The van der Waals surface area contributed by atoms with Crippen LogP contribution in [-0.2, 0) is 30.7 Å². The monoisotopic (exact) mass is 382 g/mol. The molecule has 0 aliphatic carbocycles. The van der Waals surface area contributed by atoms with Gasteiger partial charge in [-0.1, -0.05) is 51.7 Å². The van der Waals surface area contributed by atoms with Crippen LogP contribution in [0.3, 0.4) is 0 Å². The van der Waals surface area contributed by atoms with Gasteiger partial charge in [-0.3, -0.25) is 4.89 Å². The Morgan fingerprint density at radius 2 is 1.56 bits per heavy atom. The highest BCUT2D eigenvalue weighted by Crippen LogP contribution is 2.11.